The molecule has 2 aliphatic rings. The Kier molecular flexibility index (Phi) is 8.36. The smallest absolute Gasteiger partial charge is 0.309 e. The van der Waals surface area contributed by atoms with Crippen molar-refractivity contribution in [3.8, 4) is 11.1 Å². The first-order chi connectivity index (χ1) is 17.4. The number of hydrogen-bond donors (Lipinski definition) is 2. The standard InChI is InChI=1S/C28H33N3O5/c1-36-28(33)25-9-5-8-24(25)27(32)21-12-10-19(11-13-21)20-14-16-23(17-15-20)30-26(18-31(34)35)29-22-6-3-2-4-7-22/h10-18,22,24-25,29-30H,2-9H2,1H3/t24-,25-/m1/s1. The second kappa shape index (κ2) is 11.8. The molecule has 2 atom stereocenters. The van der Waals surface area contributed by atoms with E-state index in [4.69, 9.17) is 4.74 Å². The van der Waals surface area contributed by atoms with Gasteiger partial charge in [-0.25, -0.2) is 0 Å². The van der Waals surface area contributed by atoms with Gasteiger partial charge in [-0.05, 0) is 48.9 Å². The highest BCUT2D eigenvalue weighted by Crippen LogP contribution is 2.35. The fraction of sp³-hybridized carbons (Fsp3) is 0.429. The summed E-state index contributed by atoms with van der Waals surface area (Å²) in [5, 5.41) is 17.5. The van der Waals surface area contributed by atoms with Crippen molar-refractivity contribution in [2.75, 3.05) is 12.4 Å². The molecular weight excluding hydrogens is 458 g/mol. The fourth-order valence-electron chi connectivity index (χ4n) is 5.33. The van der Waals surface area contributed by atoms with E-state index in [9.17, 15) is 19.7 Å². The number of ketones is 1. The molecular formula is C28H33N3O5. The van der Waals surface area contributed by atoms with Crippen LogP contribution in [0.5, 0.6) is 0 Å². The lowest BCUT2D eigenvalue weighted by Crippen LogP contribution is -2.33. The zero-order valence-electron chi connectivity index (χ0n) is 20.6. The summed E-state index contributed by atoms with van der Waals surface area (Å²) in [4.78, 5) is 35.7. The molecule has 0 radical (unpaired) electrons. The molecule has 0 spiro atoms. The lowest BCUT2D eigenvalue weighted by Gasteiger charge is -2.24. The van der Waals surface area contributed by atoms with Crippen LogP contribution in [0.3, 0.4) is 0 Å². The van der Waals surface area contributed by atoms with Gasteiger partial charge in [0, 0.05) is 23.2 Å². The van der Waals surface area contributed by atoms with E-state index in [1.165, 1.54) is 13.5 Å². The zero-order chi connectivity index (χ0) is 25.5. The molecule has 0 amide bonds. The predicted octanol–water partition coefficient (Wildman–Crippen LogP) is 5.54. The SMILES string of the molecule is COC(=O)[C@@H]1CCC[C@H]1C(=O)c1ccc(-c2ccc(NC(=C[N+](=O)[O-])NC3CCCCC3)cc2)cc1. The first kappa shape index (κ1) is 25.4. The first-order valence-electron chi connectivity index (χ1n) is 12.7. The number of nitrogens with one attached hydrogen (secondary N) is 2. The number of nitrogens with zero attached hydrogens (tertiary/aromatic N) is 1. The molecule has 2 saturated carbocycles. The van der Waals surface area contributed by atoms with E-state index in [0.29, 0.717) is 24.2 Å². The molecule has 2 aromatic rings. The molecule has 0 unspecified atom stereocenters. The Bertz CT molecular complexity index is 1110. The molecule has 4 rings (SSSR count). The van der Waals surface area contributed by atoms with Crippen molar-refractivity contribution in [1.29, 1.82) is 0 Å². The van der Waals surface area contributed by atoms with Crippen LogP contribution in [0.1, 0.15) is 61.7 Å². The van der Waals surface area contributed by atoms with E-state index in [1.807, 2.05) is 48.5 Å². The highest BCUT2D eigenvalue weighted by molar-refractivity contribution is 6.00. The van der Waals surface area contributed by atoms with Crippen molar-refractivity contribution in [2.24, 2.45) is 11.8 Å². The average Bonchev–Trinajstić information content (AvgIpc) is 3.39. The maximum atomic E-state index is 13.0. The normalized spacial score (nSPS) is 20.5. The van der Waals surface area contributed by atoms with Gasteiger partial charge in [0.1, 0.15) is 0 Å². The van der Waals surface area contributed by atoms with Crippen LogP contribution >= 0.6 is 0 Å². The second-order valence-corrected chi connectivity index (χ2v) is 9.62. The number of benzene rings is 2. The predicted molar refractivity (Wildman–Crippen MR) is 138 cm³/mol. The Balaban J connectivity index is 1.41. The number of carbonyl (C=O) groups excluding carboxylic acids is 2. The van der Waals surface area contributed by atoms with Crippen molar-refractivity contribution in [3.05, 3.63) is 76.2 Å². The maximum absolute atomic E-state index is 13.0. The summed E-state index contributed by atoms with van der Waals surface area (Å²) in [5.74, 6) is -0.605. The monoisotopic (exact) mass is 491 g/mol. The summed E-state index contributed by atoms with van der Waals surface area (Å²) in [7, 11) is 1.37. The number of nitro groups is 1. The van der Waals surface area contributed by atoms with Crippen LogP contribution in [0.15, 0.2) is 60.6 Å². The Morgan fingerprint density at radius 3 is 2.11 bits per heavy atom. The molecule has 2 N–H and O–H groups in total. The minimum absolute atomic E-state index is 0.00966. The fourth-order valence-corrected chi connectivity index (χ4v) is 5.33. The molecule has 36 heavy (non-hydrogen) atoms. The first-order valence-corrected chi connectivity index (χ1v) is 12.7. The minimum atomic E-state index is -0.450. The zero-order valence-corrected chi connectivity index (χ0v) is 20.6. The van der Waals surface area contributed by atoms with Crippen LogP contribution in [-0.2, 0) is 9.53 Å². The van der Waals surface area contributed by atoms with E-state index in [1.54, 1.807) is 0 Å². The molecule has 2 aromatic carbocycles. The minimum Gasteiger partial charge on any atom is -0.469 e. The van der Waals surface area contributed by atoms with Gasteiger partial charge in [0.15, 0.2) is 11.6 Å². The quantitative estimate of drug-likeness (QED) is 0.205. The summed E-state index contributed by atoms with van der Waals surface area (Å²) in [6.45, 7) is 0. The third-order valence-corrected chi connectivity index (χ3v) is 7.22. The van der Waals surface area contributed by atoms with Crippen LogP contribution in [0.4, 0.5) is 5.69 Å². The molecule has 0 heterocycles. The third kappa shape index (κ3) is 6.30. The third-order valence-electron chi connectivity index (χ3n) is 7.22. The number of hydrogen-bond acceptors (Lipinski definition) is 7. The Hall–Kier alpha value is -3.68. The highest BCUT2D eigenvalue weighted by Gasteiger charge is 2.38. The highest BCUT2D eigenvalue weighted by atomic mass is 16.6. The Morgan fingerprint density at radius 1 is 0.889 bits per heavy atom. The van der Waals surface area contributed by atoms with Crippen molar-refractivity contribution < 1.29 is 19.2 Å². The van der Waals surface area contributed by atoms with E-state index in [-0.39, 0.29) is 29.6 Å². The molecule has 2 fully saturated rings. The van der Waals surface area contributed by atoms with E-state index in [0.717, 1.165) is 55.1 Å². The van der Waals surface area contributed by atoms with Gasteiger partial charge in [0.2, 0.25) is 0 Å². The number of anilines is 1. The number of rotatable bonds is 9. The molecule has 8 heteroatoms. The van der Waals surface area contributed by atoms with Crippen molar-refractivity contribution in [1.82, 2.24) is 5.32 Å². The number of esters is 1. The Labute approximate surface area is 211 Å². The summed E-state index contributed by atoms with van der Waals surface area (Å²) >= 11 is 0. The second-order valence-electron chi connectivity index (χ2n) is 9.62. The van der Waals surface area contributed by atoms with Crippen molar-refractivity contribution >= 4 is 17.4 Å². The largest absolute Gasteiger partial charge is 0.469 e. The molecule has 8 nitrogen and oxygen atoms in total. The molecule has 2 aliphatic carbocycles. The van der Waals surface area contributed by atoms with Crippen LogP contribution in [0.2, 0.25) is 0 Å². The van der Waals surface area contributed by atoms with Crippen LogP contribution in [0, 0.1) is 22.0 Å². The lowest BCUT2D eigenvalue weighted by atomic mass is 9.88. The van der Waals surface area contributed by atoms with Gasteiger partial charge in [-0.1, -0.05) is 62.1 Å². The van der Waals surface area contributed by atoms with Crippen LogP contribution in [0.25, 0.3) is 11.1 Å². The van der Waals surface area contributed by atoms with Gasteiger partial charge in [-0.2, -0.15) is 0 Å². The molecule has 0 saturated heterocycles. The Morgan fingerprint density at radius 2 is 1.50 bits per heavy atom. The van der Waals surface area contributed by atoms with Gasteiger partial charge in [0.25, 0.3) is 6.20 Å². The molecule has 0 aliphatic heterocycles. The van der Waals surface area contributed by atoms with Gasteiger partial charge < -0.3 is 15.4 Å². The topological polar surface area (TPSA) is 111 Å². The van der Waals surface area contributed by atoms with E-state index < -0.39 is 4.92 Å². The number of carbonyl (C=O) groups is 2. The molecule has 0 bridgehead atoms. The van der Waals surface area contributed by atoms with Crippen LogP contribution in [-0.4, -0.2) is 29.8 Å². The summed E-state index contributed by atoms with van der Waals surface area (Å²) in [6.07, 6.45) is 8.73. The lowest BCUT2D eigenvalue weighted by molar-refractivity contribution is -0.403. The van der Waals surface area contributed by atoms with E-state index in [2.05, 4.69) is 10.6 Å². The maximum Gasteiger partial charge on any atom is 0.309 e. The number of Topliss-reactive ketones (excluding diaryl/α,β-unsaturated/α-hetero) is 1. The summed E-state index contributed by atoms with van der Waals surface area (Å²) < 4.78 is 4.88. The van der Waals surface area contributed by atoms with E-state index >= 15 is 0 Å². The molecule has 190 valence electrons. The molecule has 0 aromatic heterocycles. The van der Waals surface area contributed by atoms with Crippen molar-refractivity contribution in [3.63, 3.8) is 0 Å². The summed E-state index contributed by atoms with van der Waals surface area (Å²) in [5.41, 5.74) is 3.27. The summed E-state index contributed by atoms with van der Waals surface area (Å²) in [6, 6.07) is 15.3. The van der Waals surface area contributed by atoms with Crippen molar-refractivity contribution in [2.45, 2.75) is 57.4 Å². The van der Waals surface area contributed by atoms with Gasteiger partial charge in [-0.3, -0.25) is 19.7 Å². The van der Waals surface area contributed by atoms with Gasteiger partial charge in [0.05, 0.1) is 18.0 Å². The van der Waals surface area contributed by atoms with Gasteiger partial charge >= 0.3 is 5.97 Å². The average molecular weight is 492 g/mol. The number of ether oxygens (including phenoxy) is 1. The van der Waals surface area contributed by atoms with Crippen LogP contribution < -0.4 is 10.6 Å². The van der Waals surface area contributed by atoms with Gasteiger partial charge in [-0.15, -0.1) is 0 Å². The number of methoxy groups -OCH3 is 1.